The Morgan fingerprint density at radius 1 is 1.25 bits per heavy atom. The molecule has 0 fully saturated rings. The largest absolute Gasteiger partial charge is 0.497 e. The van der Waals surface area contributed by atoms with Crippen LogP contribution in [0.2, 0.25) is 0 Å². The number of rotatable bonds is 7. The van der Waals surface area contributed by atoms with E-state index in [4.69, 9.17) is 4.74 Å². The summed E-state index contributed by atoms with van der Waals surface area (Å²) in [6.45, 7) is 8.13. The highest BCUT2D eigenvalue weighted by atomic mass is 16.5. The molecule has 1 aromatic heterocycles. The maximum Gasteiger partial charge on any atom is 0.136 e. The molecule has 20 heavy (non-hydrogen) atoms. The Labute approximate surface area is 120 Å². The lowest BCUT2D eigenvalue weighted by atomic mass is 10.1. The minimum atomic E-state index is 0.870. The molecule has 4 heteroatoms. The molecule has 0 saturated heterocycles. The van der Waals surface area contributed by atoms with E-state index in [0.29, 0.717) is 0 Å². The molecule has 0 atom stereocenters. The number of benzene rings is 1. The van der Waals surface area contributed by atoms with Crippen LogP contribution in [0.5, 0.6) is 5.75 Å². The Bertz CT molecular complexity index is 556. The number of aromatic nitrogens is 1. The summed E-state index contributed by atoms with van der Waals surface area (Å²) in [5.41, 5.74) is 0. The molecule has 0 unspecified atom stereocenters. The van der Waals surface area contributed by atoms with Gasteiger partial charge in [-0.05, 0) is 37.1 Å². The van der Waals surface area contributed by atoms with Gasteiger partial charge in [-0.2, -0.15) is 0 Å². The Morgan fingerprint density at radius 3 is 2.80 bits per heavy atom. The lowest BCUT2D eigenvalue weighted by Crippen LogP contribution is -2.32. The Hall–Kier alpha value is -1.81. The van der Waals surface area contributed by atoms with Crippen molar-refractivity contribution in [3.63, 3.8) is 0 Å². The lowest BCUT2D eigenvalue weighted by molar-refractivity contribution is 0.415. The topological polar surface area (TPSA) is 37.4 Å². The van der Waals surface area contributed by atoms with E-state index in [-0.39, 0.29) is 0 Å². The Balaban J connectivity index is 2.35. The van der Waals surface area contributed by atoms with Crippen LogP contribution in [0.15, 0.2) is 30.5 Å². The predicted molar refractivity (Wildman–Crippen MR) is 84.7 cm³/mol. The smallest absolute Gasteiger partial charge is 0.136 e. The standard InChI is InChI=1S/C16H23N3O/c1-4-17-10-11-19(5-2)16-15-12-14(20-3)7-6-13(15)8-9-18-16/h6-9,12,17H,4-5,10-11H2,1-3H3. The van der Waals surface area contributed by atoms with Crippen molar-refractivity contribution in [1.82, 2.24) is 10.3 Å². The zero-order valence-corrected chi connectivity index (χ0v) is 12.5. The molecule has 2 rings (SSSR count). The number of hydrogen-bond acceptors (Lipinski definition) is 4. The minimum absolute atomic E-state index is 0.870. The van der Waals surface area contributed by atoms with Gasteiger partial charge in [0.1, 0.15) is 11.6 Å². The zero-order chi connectivity index (χ0) is 14.4. The summed E-state index contributed by atoms with van der Waals surface area (Å²) in [6.07, 6.45) is 1.88. The van der Waals surface area contributed by atoms with Gasteiger partial charge in [0, 0.05) is 31.2 Å². The van der Waals surface area contributed by atoms with Gasteiger partial charge >= 0.3 is 0 Å². The van der Waals surface area contributed by atoms with Crippen LogP contribution in [0.25, 0.3) is 10.8 Å². The second-order valence-corrected chi connectivity index (χ2v) is 4.65. The van der Waals surface area contributed by atoms with E-state index in [2.05, 4.69) is 41.2 Å². The third-order valence-corrected chi connectivity index (χ3v) is 3.44. The van der Waals surface area contributed by atoms with E-state index < -0.39 is 0 Å². The van der Waals surface area contributed by atoms with Crippen molar-refractivity contribution < 1.29 is 4.74 Å². The SMILES string of the molecule is CCNCCN(CC)c1nccc2ccc(OC)cc12. The second-order valence-electron chi connectivity index (χ2n) is 4.65. The van der Waals surface area contributed by atoms with Crippen LogP contribution in [0.3, 0.4) is 0 Å². The maximum absolute atomic E-state index is 5.33. The molecule has 0 spiro atoms. The van der Waals surface area contributed by atoms with Crippen molar-refractivity contribution in [2.75, 3.05) is 38.2 Å². The number of anilines is 1. The monoisotopic (exact) mass is 273 g/mol. The molecular formula is C16H23N3O. The van der Waals surface area contributed by atoms with Gasteiger partial charge in [-0.1, -0.05) is 13.0 Å². The summed E-state index contributed by atoms with van der Waals surface area (Å²) in [5, 5.41) is 5.70. The van der Waals surface area contributed by atoms with Crippen LogP contribution in [0.1, 0.15) is 13.8 Å². The number of methoxy groups -OCH3 is 1. The molecule has 1 aromatic carbocycles. The van der Waals surface area contributed by atoms with E-state index in [1.807, 2.05) is 18.3 Å². The van der Waals surface area contributed by atoms with Crippen molar-refractivity contribution in [2.45, 2.75) is 13.8 Å². The van der Waals surface area contributed by atoms with Crippen LogP contribution < -0.4 is 15.0 Å². The molecule has 0 amide bonds. The van der Waals surface area contributed by atoms with Crippen molar-refractivity contribution in [3.05, 3.63) is 30.5 Å². The first kappa shape index (κ1) is 14.6. The van der Waals surface area contributed by atoms with Gasteiger partial charge in [0.15, 0.2) is 0 Å². The van der Waals surface area contributed by atoms with Gasteiger partial charge in [-0.25, -0.2) is 4.98 Å². The van der Waals surface area contributed by atoms with Crippen LogP contribution in [-0.4, -0.2) is 38.3 Å². The summed E-state index contributed by atoms with van der Waals surface area (Å²) in [7, 11) is 1.69. The van der Waals surface area contributed by atoms with Crippen LogP contribution >= 0.6 is 0 Å². The molecule has 1 N–H and O–H groups in total. The molecule has 4 nitrogen and oxygen atoms in total. The minimum Gasteiger partial charge on any atom is -0.497 e. The third-order valence-electron chi connectivity index (χ3n) is 3.44. The highest BCUT2D eigenvalue weighted by molar-refractivity contribution is 5.93. The molecule has 0 aliphatic heterocycles. The van der Waals surface area contributed by atoms with Gasteiger partial charge in [-0.3, -0.25) is 0 Å². The maximum atomic E-state index is 5.33. The fourth-order valence-electron chi connectivity index (χ4n) is 2.32. The fourth-order valence-corrected chi connectivity index (χ4v) is 2.32. The van der Waals surface area contributed by atoms with Gasteiger partial charge < -0.3 is 15.0 Å². The van der Waals surface area contributed by atoms with Crippen LogP contribution in [0.4, 0.5) is 5.82 Å². The van der Waals surface area contributed by atoms with E-state index >= 15 is 0 Å². The number of pyridine rings is 1. The highest BCUT2D eigenvalue weighted by Crippen LogP contribution is 2.27. The first-order chi connectivity index (χ1) is 9.80. The Kier molecular flexibility index (Phi) is 5.18. The van der Waals surface area contributed by atoms with Gasteiger partial charge in [0.25, 0.3) is 0 Å². The Morgan fingerprint density at radius 2 is 2.10 bits per heavy atom. The first-order valence-corrected chi connectivity index (χ1v) is 7.18. The van der Waals surface area contributed by atoms with Crippen LogP contribution in [0, 0.1) is 0 Å². The molecule has 2 aromatic rings. The average molecular weight is 273 g/mol. The molecule has 108 valence electrons. The van der Waals surface area contributed by atoms with E-state index in [1.165, 1.54) is 5.39 Å². The summed E-state index contributed by atoms with van der Waals surface area (Å²) in [5.74, 6) is 1.90. The summed E-state index contributed by atoms with van der Waals surface area (Å²) >= 11 is 0. The average Bonchev–Trinajstić information content (AvgIpc) is 2.51. The number of nitrogens with zero attached hydrogens (tertiary/aromatic N) is 2. The third kappa shape index (κ3) is 3.20. The number of likely N-dealkylation sites (N-methyl/N-ethyl adjacent to an activating group) is 2. The summed E-state index contributed by atoms with van der Waals surface area (Å²) < 4.78 is 5.33. The summed E-state index contributed by atoms with van der Waals surface area (Å²) in [4.78, 5) is 6.87. The quantitative estimate of drug-likeness (QED) is 0.787. The normalized spacial score (nSPS) is 10.8. The van der Waals surface area contributed by atoms with E-state index in [9.17, 15) is 0 Å². The number of ether oxygens (including phenoxy) is 1. The van der Waals surface area contributed by atoms with E-state index in [1.54, 1.807) is 7.11 Å². The molecule has 0 aliphatic carbocycles. The first-order valence-electron chi connectivity index (χ1n) is 7.18. The fraction of sp³-hybridized carbons (Fsp3) is 0.438. The van der Waals surface area contributed by atoms with Gasteiger partial charge in [0.2, 0.25) is 0 Å². The van der Waals surface area contributed by atoms with E-state index in [0.717, 1.165) is 43.1 Å². The molecule has 0 aliphatic rings. The molecule has 1 heterocycles. The highest BCUT2D eigenvalue weighted by Gasteiger charge is 2.10. The number of nitrogens with one attached hydrogen (secondary N) is 1. The summed E-state index contributed by atoms with van der Waals surface area (Å²) in [6, 6.07) is 8.17. The van der Waals surface area contributed by atoms with Crippen LogP contribution in [-0.2, 0) is 0 Å². The van der Waals surface area contributed by atoms with Crippen molar-refractivity contribution in [3.8, 4) is 5.75 Å². The van der Waals surface area contributed by atoms with Gasteiger partial charge in [-0.15, -0.1) is 0 Å². The number of hydrogen-bond donors (Lipinski definition) is 1. The lowest BCUT2D eigenvalue weighted by Gasteiger charge is -2.23. The van der Waals surface area contributed by atoms with Gasteiger partial charge in [0.05, 0.1) is 7.11 Å². The molecular weight excluding hydrogens is 250 g/mol. The molecule has 0 saturated carbocycles. The van der Waals surface area contributed by atoms with Crippen molar-refractivity contribution >= 4 is 16.6 Å². The number of fused-ring (bicyclic) bond motifs is 1. The van der Waals surface area contributed by atoms with Crippen molar-refractivity contribution in [2.24, 2.45) is 0 Å². The zero-order valence-electron chi connectivity index (χ0n) is 12.5. The second kappa shape index (κ2) is 7.10. The molecule has 0 bridgehead atoms. The molecule has 0 radical (unpaired) electrons. The van der Waals surface area contributed by atoms with Crippen molar-refractivity contribution in [1.29, 1.82) is 0 Å². The predicted octanol–water partition coefficient (Wildman–Crippen LogP) is 2.68.